The SMILES string of the molecule is CC(C)CC(=O)Nc1ccc(N2CCC(Cc3ccccc3)CC2)nc1. The quantitative estimate of drug-likeness (QED) is 0.832. The third-order valence-corrected chi connectivity index (χ3v) is 4.93. The second-order valence-corrected chi connectivity index (χ2v) is 7.67. The molecule has 1 N–H and O–H groups in total. The van der Waals surface area contributed by atoms with E-state index in [1.807, 2.05) is 26.0 Å². The van der Waals surface area contributed by atoms with Crippen molar-refractivity contribution in [2.75, 3.05) is 23.3 Å². The zero-order valence-electron chi connectivity index (χ0n) is 15.8. The molecule has 0 unspecified atom stereocenters. The number of pyridine rings is 1. The van der Waals surface area contributed by atoms with Crippen molar-refractivity contribution >= 4 is 17.4 Å². The molecule has 1 aromatic carbocycles. The molecule has 0 radical (unpaired) electrons. The van der Waals surface area contributed by atoms with Gasteiger partial charge in [0.1, 0.15) is 5.82 Å². The van der Waals surface area contributed by atoms with Crippen molar-refractivity contribution < 1.29 is 4.79 Å². The maximum Gasteiger partial charge on any atom is 0.224 e. The number of rotatable bonds is 6. The average molecular weight is 351 g/mol. The number of nitrogens with one attached hydrogen (secondary N) is 1. The molecule has 4 nitrogen and oxygen atoms in total. The van der Waals surface area contributed by atoms with Gasteiger partial charge >= 0.3 is 0 Å². The van der Waals surface area contributed by atoms with E-state index in [0.29, 0.717) is 12.3 Å². The Hall–Kier alpha value is -2.36. The van der Waals surface area contributed by atoms with E-state index in [4.69, 9.17) is 0 Å². The monoisotopic (exact) mass is 351 g/mol. The molecule has 2 aromatic rings. The maximum absolute atomic E-state index is 11.8. The molecule has 1 aromatic heterocycles. The first-order valence-electron chi connectivity index (χ1n) is 9.65. The molecule has 3 rings (SSSR count). The maximum atomic E-state index is 11.8. The van der Waals surface area contributed by atoms with E-state index in [0.717, 1.165) is 30.5 Å². The second-order valence-electron chi connectivity index (χ2n) is 7.67. The summed E-state index contributed by atoms with van der Waals surface area (Å²) in [6.07, 6.45) is 5.87. The van der Waals surface area contributed by atoms with Crippen LogP contribution >= 0.6 is 0 Å². The summed E-state index contributed by atoms with van der Waals surface area (Å²) < 4.78 is 0. The topological polar surface area (TPSA) is 45.2 Å². The zero-order chi connectivity index (χ0) is 18.4. The Bertz CT molecular complexity index is 689. The summed E-state index contributed by atoms with van der Waals surface area (Å²) in [7, 11) is 0. The molecule has 0 saturated carbocycles. The van der Waals surface area contributed by atoms with Crippen molar-refractivity contribution in [3.63, 3.8) is 0 Å². The lowest BCUT2D eigenvalue weighted by Gasteiger charge is -2.33. The second kappa shape index (κ2) is 8.84. The van der Waals surface area contributed by atoms with Crippen molar-refractivity contribution in [1.82, 2.24) is 4.98 Å². The van der Waals surface area contributed by atoms with Crippen LogP contribution in [0.1, 0.15) is 38.7 Å². The smallest absolute Gasteiger partial charge is 0.224 e. The van der Waals surface area contributed by atoms with Crippen molar-refractivity contribution in [3.8, 4) is 0 Å². The lowest BCUT2D eigenvalue weighted by Crippen LogP contribution is -2.34. The summed E-state index contributed by atoms with van der Waals surface area (Å²) in [6, 6.07) is 14.7. The molecule has 0 aliphatic carbocycles. The van der Waals surface area contributed by atoms with Crippen LogP contribution in [-0.2, 0) is 11.2 Å². The largest absolute Gasteiger partial charge is 0.357 e. The van der Waals surface area contributed by atoms with Crippen LogP contribution in [0.25, 0.3) is 0 Å². The van der Waals surface area contributed by atoms with Gasteiger partial charge in [0.2, 0.25) is 5.91 Å². The van der Waals surface area contributed by atoms with Gasteiger partial charge in [0, 0.05) is 19.5 Å². The van der Waals surface area contributed by atoms with E-state index >= 15 is 0 Å². The number of hydrogen-bond donors (Lipinski definition) is 1. The fourth-order valence-electron chi connectivity index (χ4n) is 3.54. The number of piperidine rings is 1. The number of nitrogens with zero attached hydrogens (tertiary/aromatic N) is 2. The van der Waals surface area contributed by atoms with E-state index in [-0.39, 0.29) is 5.91 Å². The van der Waals surface area contributed by atoms with E-state index in [2.05, 4.69) is 45.5 Å². The van der Waals surface area contributed by atoms with Crippen molar-refractivity contribution in [2.45, 2.75) is 39.5 Å². The fraction of sp³-hybridized carbons (Fsp3) is 0.455. The Kier molecular flexibility index (Phi) is 6.26. The van der Waals surface area contributed by atoms with Crippen LogP contribution in [0, 0.1) is 11.8 Å². The summed E-state index contributed by atoms with van der Waals surface area (Å²) in [5.41, 5.74) is 2.21. The zero-order valence-corrected chi connectivity index (χ0v) is 15.8. The van der Waals surface area contributed by atoms with Crippen LogP contribution < -0.4 is 10.2 Å². The highest BCUT2D eigenvalue weighted by molar-refractivity contribution is 5.90. The molecule has 1 aliphatic heterocycles. The third kappa shape index (κ3) is 5.32. The molecular formula is C22H29N3O. The number of anilines is 2. The number of amides is 1. The minimum atomic E-state index is 0.0521. The highest BCUT2D eigenvalue weighted by Crippen LogP contribution is 2.25. The summed E-state index contributed by atoms with van der Waals surface area (Å²) >= 11 is 0. The van der Waals surface area contributed by atoms with Gasteiger partial charge in [0.05, 0.1) is 11.9 Å². The van der Waals surface area contributed by atoms with Crippen molar-refractivity contribution in [2.24, 2.45) is 11.8 Å². The highest BCUT2D eigenvalue weighted by atomic mass is 16.1. The lowest BCUT2D eigenvalue weighted by molar-refractivity contribution is -0.116. The number of carbonyl (C=O) groups excluding carboxylic acids is 1. The predicted octanol–water partition coefficient (Wildman–Crippen LogP) is 4.53. The summed E-state index contributed by atoms with van der Waals surface area (Å²) in [6.45, 7) is 6.18. The molecule has 26 heavy (non-hydrogen) atoms. The van der Waals surface area contributed by atoms with Crippen molar-refractivity contribution in [1.29, 1.82) is 0 Å². The van der Waals surface area contributed by atoms with E-state index in [9.17, 15) is 4.79 Å². The number of benzene rings is 1. The molecule has 1 fully saturated rings. The Morgan fingerprint density at radius 3 is 2.50 bits per heavy atom. The summed E-state index contributed by atoms with van der Waals surface area (Å²) in [5.74, 6) is 2.17. The molecule has 138 valence electrons. The van der Waals surface area contributed by atoms with Gasteiger partial charge in [-0.25, -0.2) is 4.98 Å². The molecule has 0 spiro atoms. The molecule has 0 atom stereocenters. The lowest BCUT2D eigenvalue weighted by atomic mass is 9.90. The van der Waals surface area contributed by atoms with Gasteiger partial charge in [-0.1, -0.05) is 44.2 Å². The van der Waals surface area contributed by atoms with Gasteiger partial charge < -0.3 is 10.2 Å². The minimum absolute atomic E-state index is 0.0521. The summed E-state index contributed by atoms with van der Waals surface area (Å²) in [5, 5.41) is 2.92. The van der Waals surface area contributed by atoms with Crippen LogP contribution in [0.15, 0.2) is 48.7 Å². The van der Waals surface area contributed by atoms with Crippen LogP contribution in [0.4, 0.5) is 11.5 Å². The first kappa shape index (κ1) is 18.4. The highest BCUT2D eigenvalue weighted by Gasteiger charge is 2.20. The van der Waals surface area contributed by atoms with Crippen LogP contribution in [-0.4, -0.2) is 24.0 Å². The van der Waals surface area contributed by atoms with E-state index in [1.54, 1.807) is 6.20 Å². The number of hydrogen-bond acceptors (Lipinski definition) is 3. The Morgan fingerprint density at radius 2 is 1.88 bits per heavy atom. The van der Waals surface area contributed by atoms with Crippen LogP contribution in [0.3, 0.4) is 0 Å². The van der Waals surface area contributed by atoms with Gasteiger partial charge in [-0.15, -0.1) is 0 Å². The van der Waals surface area contributed by atoms with E-state index < -0.39 is 0 Å². The molecule has 1 saturated heterocycles. The normalized spacial score (nSPS) is 15.3. The predicted molar refractivity (Wildman–Crippen MR) is 107 cm³/mol. The standard InChI is InChI=1S/C22H29N3O/c1-17(2)14-22(26)24-20-8-9-21(23-16-20)25-12-10-19(11-13-25)15-18-6-4-3-5-7-18/h3-9,16-17,19H,10-15H2,1-2H3,(H,24,26). The Balaban J connectivity index is 1.49. The van der Waals surface area contributed by atoms with Gasteiger partial charge in [-0.3, -0.25) is 4.79 Å². The van der Waals surface area contributed by atoms with Gasteiger partial charge in [0.15, 0.2) is 0 Å². The van der Waals surface area contributed by atoms with Gasteiger partial charge in [-0.2, -0.15) is 0 Å². The Labute approximate surface area is 156 Å². The summed E-state index contributed by atoms with van der Waals surface area (Å²) in [4.78, 5) is 18.7. The molecule has 1 aliphatic rings. The average Bonchev–Trinajstić information content (AvgIpc) is 2.63. The molecule has 1 amide bonds. The third-order valence-electron chi connectivity index (χ3n) is 4.93. The van der Waals surface area contributed by atoms with Gasteiger partial charge in [0.25, 0.3) is 0 Å². The first-order chi connectivity index (χ1) is 12.6. The van der Waals surface area contributed by atoms with Crippen molar-refractivity contribution in [3.05, 3.63) is 54.2 Å². The fourth-order valence-corrected chi connectivity index (χ4v) is 3.54. The molecule has 4 heteroatoms. The van der Waals surface area contributed by atoms with Crippen LogP contribution in [0.2, 0.25) is 0 Å². The minimum Gasteiger partial charge on any atom is -0.357 e. The molecule has 2 heterocycles. The molecular weight excluding hydrogens is 322 g/mol. The Morgan fingerprint density at radius 1 is 1.15 bits per heavy atom. The van der Waals surface area contributed by atoms with Gasteiger partial charge in [-0.05, 0) is 48.8 Å². The number of aromatic nitrogens is 1. The van der Waals surface area contributed by atoms with Crippen LogP contribution in [0.5, 0.6) is 0 Å². The number of carbonyl (C=O) groups is 1. The van der Waals surface area contributed by atoms with E-state index in [1.165, 1.54) is 24.8 Å². The first-order valence-corrected chi connectivity index (χ1v) is 9.65. The molecule has 0 bridgehead atoms.